The van der Waals surface area contributed by atoms with Gasteiger partial charge in [-0.3, -0.25) is 9.59 Å². The van der Waals surface area contributed by atoms with E-state index in [2.05, 4.69) is 31.3 Å². The van der Waals surface area contributed by atoms with E-state index < -0.39 is 17.8 Å². The normalized spacial score (nSPS) is 11.3. The SMILES string of the molecule is Cc1c(C(N)=O)sc(NC(=O)c2ccc(COc3ccc(C(C)(C)c4ccccc4)cc3)o2)c1C(=O)OC(C)C. The van der Waals surface area contributed by atoms with Gasteiger partial charge in [0.05, 0.1) is 16.5 Å². The maximum Gasteiger partial charge on any atom is 0.341 e. The number of carbonyl (C=O) groups is 3. The highest BCUT2D eigenvalue weighted by molar-refractivity contribution is 7.18. The molecular formula is C31H32N2O6S. The van der Waals surface area contributed by atoms with Crippen LogP contribution in [-0.2, 0) is 16.8 Å². The van der Waals surface area contributed by atoms with Crippen LogP contribution in [0.3, 0.4) is 0 Å². The van der Waals surface area contributed by atoms with E-state index in [0.717, 1.165) is 16.9 Å². The molecule has 0 bridgehead atoms. The van der Waals surface area contributed by atoms with Crippen molar-refractivity contribution in [3.63, 3.8) is 0 Å². The van der Waals surface area contributed by atoms with E-state index in [9.17, 15) is 14.4 Å². The van der Waals surface area contributed by atoms with Crippen molar-refractivity contribution in [1.29, 1.82) is 0 Å². The van der Waals surface area contributed by atoms with Crippen molar-refractivity contribution in [2.75, 3.05) is 5.32 Å². The fourth-order valence-corrected chi connectivity index (χ4v) is 5.28. The Balaban J connectivity index is 1.42. The number of benzene rings is 2. The van der Waals surface area contributed by atoms with Gasteiger partial charge in [0.15, 0.2) is 5.76 Å². The summed E-state index contributed by atoms with van der Waals surface area (Å²) in [5.41, 5.74) is 8.12. The summed E-state index contributed by atoms with van der Waals surface area (Å²) in [7, 11) is 0. The Morgan fingerprint density at radius 1 is 0.975 bits per heavy atom. The lowest BCUT2D eigenvalue weighted by Crippen LogP contribution is -2.18. The maximum atomic E-state index is 12.9. The van der Waals surface area contributed by atoms with Crippen LogP contribution in [0, 0.1) is 6.92 Å². The molecule has 208 valence electrons. The van der Waals surface area contributed by atoms with Crippen LogP contribution < -0.4 is 15.8 Å². The second-order valence-corrected chi connectivity index (χ2v) is 11.1. The number of hydrogen-bond acceptors (Lipinski definition) is 7. The average molecular weight is 561 g/mol. The molecule has 40 heavy (non-hydrogen) atoms. The maximum absolute atomic E-state index is 12.9. The molecule has 0 saturated carbocycles. The van der Waals surface area contributed by atoms with Crippen LogP contribution in [0.2, 0.25) is 0 Å². The van der Waals surface area contributed by atoms with E-state index in [-0.39, 0.29) is 39.3 Å². The molecule has 0 radical (unpaired) electrons. The van der Waals surface area contributed by atoms with Crippen molar-refractivity contribution in [3.05, 3.63) is 105 Å². The first-order valence-electron chi connectivity index (χ1n) is 12.8. The van der Waals surface area contributed by atoms with Gasteiger partial charge >= 0.3 is 5.97 Å². The summed E-state index contributed by atoms with van der Waals surface area (Å²) in [6, 6.07) is 21.3. The van der Waals surface area contributed by atoms with Gasteiger partial charge in [-0.05, 0) is 61.7 Å². The Labute approximate surface area is 237 Å². The van der Waals surface area contributed by atoms with Gasteiger partial charge in [-0.2, -0.15) is 0 Å². The molecule has 2 amide bonds. The van der Waals surface area contributed by atoms with Gasteiger partial charge < -0.3 is 24.9 Å². The van der Waals surface area contributed by atoms with Crippen molar-refractivity contribution in [2.45, 2.75) is 52.7 Å². The van der Waals surface area contributed by atoms with Crippen molar-refractivity contribution in [3.8, 4) is 5.75 Å². The molecule has 4 aromatic rings. The van der Waals surface area contributed by atoms with Crippen molar-refractivity contribution in [2.24, 2.45) is 5.73 Å². The summed E-state index contributed by atoms with van der Waals surface area (Å²) in [5, 5.41) is 2.82. The predicted octanol–water partition coefficient (Wildman–Crippen LogP) is 6.47. The number of furan rings is 1. The molecule has 0 fully saturated rings. The molecule has 0 aliphatic heterocycles. The average Bonchev–Trinajstić information content (AvgIpc) is 3.52. The summed E-state index contributed by atoms with van der Waals surface area (Å²) in [5.74, 6) is -0.813. The van der Waals surface area contributed by atoms with Crippen molar-refractivity contribution in [1.82, 2.24) is 0 Å². The Morgan fingerprint density at radius 2 is 1.62 bits per heavy atom. The number of anilines is 1. The third-order valence-electron chi connectivity index (χ3n) is 6.48. The topological polar surface area (TPSA) is 121 Å². The highest BCUT2D eigenvalue weighted by Gasteiger charge is 2.27. The molecule has 4 rings (SSSR count). The molecular weight excluding hydrogens is 528 g/mol. The fraction of sp³-hybridized carbons (Fsp3) is 0.258. The smallest absolute Gasteiger partial charge is 0.341 e. The molecule has 0 aliphatic rings. The number of hydrogen-bond donors (Lipinski definition) is 2. The van der Waals surface area contributed by atoms with E-state index >= 15 is 0 Å². The number of rotatable bonds is 10. The number of carbonyl (C=O) groups excluding carboxylic acids is 3. The Kier molecular flexibility index (Phi) is 8.44. The molecule has 2 heterocycles. The minimum atomic E-state index is -0.698. The number of nitrogens with one attached hydrogen (secondary N) is 1. The van der Waals surface area contributed by atoms with Crippen LogP contribution in [0.5, 0.6) is 5.75 Å². The standard InChI is InChI=1S/C31H32N2O6S/c1-18(2)38-30(36)25-19(3)26(27(32)34)40-29(25)33-28(35)24-16-15-23(39-24)17-37-22-13-11-21(12-14-22)31(4,5)20-9-7-6-8-10-20/h6-16,18H,17H2,1-5H3,(H2,32,34)(H,33,35). The van der Waals surface area contributed by atoms with Gasteiger partial charge in [0.25, 0.3) is 11.8 Å². The van der Waals surface area contributed by atoms with Crippen LogP contribution in [0.1, 0.15) is 80.7 Å². The number of amides is 2. The number of primary amides is 1. The van der Waals surface area contributed by atoms with Gasteiger partial charge in [0, 0.05) is 5.41 Å². The Bertz CT molecular complexity index is 1520. The van der Waals surface area contributed by atoms with Crippen molar-refractivity contribution < 1.29 is 28.3 Å². The second-order valence-electron chi connectivity index (χ2n) is 10.1. The zero-order valence-electron chi connectivity index (χ0n) is 23.1. The van der Waals surface area contributed by atoms with Crippen LogP contribution >= 0.6 is 11.3 Å². The van der Waals surface area contributed by atoms with Gasteiger partial charge in [-0.25, -0.2) is 4.79 Å². The lowest BCUT2D eigenvalue weighted by atomic mass is 9.78. The van der Waals surface area contributed by atoms with E-state index in [1.807, 2.05) is 42.5 Å². The monoisotopic (exact) mass is 560 g/mol. The summed E-state index contributed by atoms with van der Waals surface area (Å²) in [6.07, 6.45) is -0.383. The number of ether oxygens (including phenoxy) is 2. The first-order chi connectivity index (χ1) is 19.0. The first kappa shape index (κ1) is 28.6. The highest BCUT2D eigenvalue weighted by atomic mass is 32.1. The molecule has 8 nitrogen and oxygen atoms in total. The van der Waals surface area contributed by atoms with Gasteiger partial charge in [0.1, 0.15) is 23.1 Å². The molecule has 2 aromatic heterocycles. The highest BCUT2D eigenvalue weighted by Crippen LogP contribution is 2.35. The van der Waals surface area contributed by atoms with Crippen LogP contribution in [0.4, 0.5) is 5.00 Å². The summed E-state index contributed by atoms with van der Waals surface area (Å²) < 4.78 is 16.8. The summed E-state index contributed by atoms with van der Waals surface area (Å²) in [4.78, 5) is 37.6. The van der Waals surface area contributed by atoms with Gasteiger partial charge in [-0.15, -0.1) is 11.3 Å². The molecule has 0 unspecified atom stereocenters. The lowest BCUT2D eigenvalue weighted by molar-refractivity contribution is 0.0379. The molecule has 0 spiro atoms. The fourth-order valence-electron chi connectivity index (χ4n) is 4.24. The largest absolute Gasteiger partial charge is 0.486 e. The minimum absolute atomic E-state index is 0.0217. The first-order valence-corrected chi connectivity index (χ1v) is 13.6. The molecule has 2 aromatic carbocycles. The lowest BCUT2D eigenvalue weighted by Gasteiger charge is -2.26. The Morgan fingerprint density at radius 3 is 2.25 bits per heavy atom. The van der Waals surface area contributed by atoms with Gasteiger partial charge in [-0.1, -0.05) is 56.3 Å². The molecule has 0 saturated heterocycles. The quantitative estimate of drug-likeness (QED) is 0.214. The molecule has 0 atom stereocenters. The zero-order valence-corrected chi connectivity index (χ0v) is 23.9. The van der Waals surface area contributed by atoms with Gasteiger partial charge in [0.2, 0.25) is 0 Å². The number of esters is 1. The van der Waals surface area contributed by atoms with E-state index in [0.29, 0.717) is 17.1 Å². The van der Waals surface area contributed by atoms with E-state index in [4.69, 9.17) is 19.6 Å². The van der Waals surface area contributed by atoms with E-state index in [1.54, 1.807) is 26.8 Å². The molecule has 3 N–H and O–H groups in total. The molecule has 0 aliphatic carbocycles. The van der Waals surface area contributed by atoms with Crippen LogP contribution in [-0.4, -0.2) is 23.9 Å². The number of thiophene rings is 1. The Hall–Kier alpha value is -4.37. The summed E-state index contributed by atoms with van der Waals surface area (Å²) in [6.45, 7) is 9.47. The minimum Gasteiger partial charge on any atom is -0.486 e. The predicted molar refractivity (Wildman–Crippen MR) is 154 cm³/mol. The van der Waals surface area contributed by atoms with Crippen LogP contribution in [0.15, 0.2) is 71.1 Å². The third-order valence-corrected chi connectivity index (χ3v) is 7.70. The number of nitrogens with two attached hydrogens (primary N) is 1. The summed E-state index contributed by atoms with van der Waals surface area (Å²) >= 11 is 0.915. The van der Waals surface area contributed by atoms with Crippen molar-refractivity contribution >= 4 is 34.1 Å². The van der Waals surface area contributed by atoms with E-state index in [1.165, 1.54) is 11.6 Å². The zero-order chi connectivity index (χ0) is 29.0. The molecule has 9 heteroatoms. The third kappa shape index (κ3) is 6.26. The van der Waals surface area contributed by atoms with Crippen LogP contribution in [0.25, 0.3) is 0 Å². The second kappa shape index (κ2) is 11.8.